The minimum atomic E-state index is -1.79. The molecule has 0 radical (unpaired) electrons. The van der Waals surface area contributed by atoms with Crippen molar-refractivity contribution in [1.29, 1.82) is 0 Å². The predicted molar refractivity (Wildman–Crippen MR) is 143 cm³/mol. The smallest absolute Gasteiger partial charge is 0.203 e. The number of methoxy groups -OCH3 is 3. The van der Waals surface area contributed by atoms with E-state index in [-0.39, 0.29) is 17.1 Å². The standard InChI is InChI=1S/C17H18O5.C12H11OP/c1-20-12-9-13(21-2)15(14(10-12)22-3)17(19)16(18)11-7-5-4-6-8-11;13-14(11-7-3-1-4-8-11)12-9-5-2-6-10-12/h4-10,16,18H,1-3H3;1-10,14H. The molecule has 7 heteroatoms. The molecule has 0 saturated carbocycles. The Morgan fingerprint density at radius 2 is 1.11 bits per heavy atom. The van der Waals surface area contributed by atoms with Crippen LogP contribution in [0.15, 0.2) is 103 Å². The van der Waals surface area contributed by atoms with Crippen LogP contribution in [0.2, 0.25) is 0 Å². The largest absolute Gasteiger partial charge is 0.496 e. The highest BCUT2D eigenvalue weighted by atomic mass is 31.1. The van der Waals surface area contributed by atoms with Gasteiger partial charge in [-0.05, 0) is 5.56 Å². The quantitative estimate of drug-likeness (QED) is 0.274. The van der Waals surface area contributed by atoms with Gasteiger partial charge >= 0.3 is 0 Å². The Kier molecular flexibility index (Phi) is 9.87. The number of ether oxygens (including phenoxy) is 3. The van der Waals surface area contributed by atoms with Crippen LogP contribution < -0.4 is 24.8 Å². The normalized spacial score (nSPS) is 11.1. The highest BCUT2D eigenvalue weighted by Gasteiger charge is 2.27. The second-order valence-electron chi connectivity index (χ2n) is 7.65. The average Bonchev–Trinajstić information content (AvgIpc) is 2.96. The number of rotatable bonds is 8. The molecule has 36 heavy (non-hydrogen) atoms. The first-order valence-corrected chi connectivity index (χ1v) is 12.6. The molecule has 0 bridgehead atoms. The zero-order valence-electron chi connectivity index (χ0n) is 20.4. The van der Waals surface area contributed by atoms with E-state index in [1.807, 2.05) is 66.7 Å². The average molecular weight is 505 g/mol. The first kappa shape index (κ1) is 26.7. The Hall–Kier alpha value is -3.86. The highest BCUT2D eigenvalue weighted by molar-refractivity contribution is 7.61. The number of hydrogen-bond acceptors (Lipinski definition) is 6. The van der Waals surface area contributed by atoms with E-state index in [0.717, 1.165) is 10.6 Å². The maximum Gasteiger partial charge on any atom is 0.203 e. The molecule has 1 N–H and O–H groups in total. The summed E-state index contributed by atoms with van der Waals surface area (Å²) in [7, 11) is 2.60. The van der Waals surface area contributed by atoms with Gasteiger partial charge < -0.3 is 23.9 Å². The molecule has 186 valence electrons. The van der Waals surface area contributed by atoms with Gasteiger partial charge in [0.25, 0.3) is 0 Å². The first-order chi connectivity index (χ1) is 17.5. The molecule has 0 heterocycles. The fourth-order valence-electron chi connectivity index (χ4n) is 3.52. The number of Topliss-reactive ketones (excluding diaryl/α,β-unsaturated/α-hetero) is 1. The van der Waals surface area contributed by atoms with Crippen LogP contribution in [0, 0.1) is 0 Å². The van der Waals surface area contributed by atoms with Gasteiger partial charge in [0.15, 0.2) is 0 Å². The van der Waals surface area contributed by atoms with E-state index in [0.29, 0.717) is 11.3 Å². The third-order valence-electron chi connectivity index (χ3n) is 5.40. The van der Waals surface area contributed by atoms with Crippen molar-refractivity contribution in [3.8, 4) is 17.2 Å². The molecule has 0 saturated heterocycles. The zero-order chi connectivity index (χ0) is 25.9. The number of aliphatic hydroxyl groups is 1. The molecule has 4 aromatic carbocycles. The van der Waals surface area contributed by atoms with Gasteiger partial charge in [-0.25, -0.2) is 0 Å². The van der Waals surface area contributed by atoms with Crippen molar-refractivity contribution >= 4 is 24.2 Å². The van der Waals surface area contributed by atoms with Gasteiger partial charge in [-0.2, -0.15) is 0 Å². The van der Waals surface area contributed by atoms with Gasteiger partial charge in [-0.1, -0.05) is 91.0 Å². The van der Waals surface area contributed by atoms with E-state index in [1.54, 1.807) is 36.4 Å². The fourth-order valence-corrected chi connectivity index (χ4v) is 4.84. The van der Waals surface area contributed by atoms with E-state index in [4.69, 9.17) is 14.2 Å². The molecule has 0 fully saturated rings. The summed E-state index contributed by atoms with van der Waals surface area (Å²) >= 11 is 0. The predicted octanol–water partition coefficient (Wildman–Crippen LogP) is 4.83. The molecule has 0 aromatic heterocycles. The second kappa shape index (κ2) is 13.3. The van der Waals surface area contributed by atoms with Gasteiger partial charge in [0.1, 0.15) is 36.7 Å². The Balaban J connectivity index is 0.000000221. The number of benzene rings is 4. The van der Waals surface area contributed by atoms with Crippen LogP contribution in [0.5, 0.6) is 17.2 Å². The van der Waals surface area contributed by atoms with E-state index < -0.39 is 19.7 Å². The Morgan fingerprint density at radius 3 is 1.50 bits per heavy atom. The molecule has 0 spiro atoms. The molecular formula is C29H29O6P. The number of carbonyl (C=O) groups excluding carboxylic acids is 1. The van der Waals surface area contributed by atoms with Crippen molar-refractivity contribution in [2.75, 3.05) is 21.3 Å². The summed E-state index contributed by atoms with van der Waals surface area (Å²) in [6, 6.07) is 31.0. The van der Waals surface area contributed by atoms with Gasteiger partial charge in [0.2, 0.25) is 5.78 Å². The maximum absolute atomic E-state index is 12.7. The van der Waals surface area contributed by atoms with Crippen LogP contribution in [0.3, 0.4) is 0 Å². The van der Waals surface area contributed by atoms with E-state index in [1.165, 1.54) is 21.3 Å². The van der Waals surface area contributed by atoms with Crippen LogP contribution in [-0.4, -0.2) is 32.2 Å². The molecule has 1 atom stereocenters. The summed E-state index contributed by atoms with van der Waals surface area (Å²) in [6.07, 6.45) is -1.29. The Labute approximate surface area is 211 Å². The molecule has 0 aliphatic carbocycles. The molecule has 6 nitrogen and oxygen atoms in total. The van der Waals surface area contributed by atoms with Crippen LogP contribution in [0.25, 0.3) is 0 Å². The number of ketones is 1. The minimum absolute atomic E-state index is 0.183. The zero-order valence-corrected chi connectivity index (χ0v) is 21.4. The van der Waals surface area contributed by atoms with Crippen LogP contribution in [0.4, 0.5) is 0 Å². The number of carbonyl (C=O) groups is 1. The van der Waals surface area contributed by atoms with Crippen LogP contribution in [-0.2, 0) is 4.57 Å². The van der Waals surface area contributed by atoms with Gasteiger partial charge in [0.05, 0.1) is 21.3 Å². The topological polar surface area (TPSA) is 82.1 Å². The van der Waals surface area contributed by atoms with Crippen molar-refractivity contribution in [2.45, 2.75) is 6.10 Å². The van der Waals surface area contributed by atoms with Gasteiger partial charge in [-0.15, -0.1) is 0 Å². The second-order valence-corrected chi connectivity index (χ2v) is 9.46. The fraction of sp³-hybridized carbons (Fsp3) is 0.138. The van der Waals surface area contributed by atoms with Crippen molar-refractivity contribution in [2.24, 2.45) is 0 Å². The molecule has 4 aromatic rings. The van der Waals surface area contributed by atoms with Crippen molar-refractivity contribution in [3.05, 3.63) is 114 Å². The third-order valence-corrected chi connectivity index (χ3v) is 7.11. The lowest BCUT2D eigenvalue weighted by Crippen LogP contribution is -2.15. The highest BCUT2D eigenvalue weighted by Crippen LogP contribution is 2.36. The monoisotopic (exact) mass is 504 g/mol. The Morgan fingerprint density at radius 1 is 0.694 bits per heavy atom. The summed E-state index contributed by atoms with van der Waals surface area (Å²) in [5.41, 5.74) is 0.689. The molecule has 0 amide bonds. The van der Waals surface area contributed by atoms with Crippen molar-refractivity contribution in [1.82, 2.24) is 0 Å². The molecule has 4 rings (SSSR count). The SMILES string of the molecule is COc1cc(OC)c(C(=O)C(O)c2ccccc2)c(OC)c1.O=[PH](c1ccccc1)c1ccccc1. The number of aliphatic hydroxyl groups excluding tert-OH is 1. The lowest BCUT2D eigenvalue weighted by Gasteiger charge is -2.17. The maximum atomic E-state index is 12.7. The van der Waals surface area contributed by atoms with E-state index >= 15 is 0 Å². The van der Waals surface area contributed by atoms with E-state index in [2.05, 4.69) is 0 Å². The molecule has 1 unspecified atom stereocenters. The summed E-state index contributed by atoms with van der Waals surface area (Å²) < 4.78 is 27.7. The lowest BCUT2D eigenvalue weighted by atomic mass is 9.98. The van der Waals surface area contributed by atoms with Gasteiger partial charge in [0, 0.05) is 22.7 Å². The summed E-state index contributed by atoms with van der Waals surface area (Å²) in [5.74, 6) is 0.578. The third kappa shape index (κ3) is 6.63. The Bertz CT molecular complexity index is 1210. The molecule has 0 aliphatic heterocycles. The van der Waals surface area contributed by atoms with E-state index in [9.17, 15) is 14.5 Å². The lowest BCUT2D eigenvalue weighted by molar-refractivity contribution is 0.0740. The van der Waals surface area contributed by atoms with Crippen LogP contribution in [0.1, 0.15) is 22.0 Å². The first-order valence-electron chi connectivity index (χ1n) is 11.2. The summed E-state index contributed by atoms with van der Waals surface area (Å²) in [6.45, 7) is 0. The van der Waals surface area contributed by atoms with Crippen molar-refractivity contribution < 1.29 is 28.7 Å². The van der Waals surface area contributed by atoms with Crippen molar-refractivity contribution in [3.63, 3.8) is 0 Å². The molecule has 0 aliphatic rings. The summed E-state index contributed by atoms with van der Waals surface area (Å²) in [5, 5.41) is 12.2. The number of hydrogen-bond donors (Lipinski definition) is 1. The minimum Gasteiger partial charge on any atom is -0.496 e. The van der Waals surface area contributed by atoms with Crippen LogP contribution >= 0.6 is 7.80 Å². The van der Waals surface area contributed by atoms with Gasteiger partial charge in [-0.3, -0.25) is 4.79 Å². The molecular weight excluding hydrogens is 475 g/mol. The summed E-state index contributed by atoms with van der Waals surface area (Å²) in [4.78, 5) is 12.7.